The molecule has 21 heavy (non-hydrogen) atoms. The van der Waals surface area contributed by atoms with Crippen molar-refractivity contribution in [2.45, 2.75) is 13.3 Å². The Morgan fingerprint density at radius 2 is 1.95 bits per heavy atom. The van der Waals surface area contributed by atoms with Crippen LogP contribution in [0.1, 0.15) is 12.5 Å². The molecule has 1 N–H and O–H groups in total. The van der Waals surface area contributed by atoms with Crippen LogP contribution in [0.2, 0.25) is 0 Å². The van der Waals surface area contributed by atoms with E-state index in [1.165, 1.54) is 22.0 Å². The molecule has 4 heteroatoms. The van der Waals surface area contributed by atoms with Crippen LogP contribution in [-0.4, -0.2) is 45.3 Å². The fraction of sp³-hybridized carbons (Fsp3) is 0.471. The van der Waals surface area contributed by atoms with Gasteiger partial charge in [-0.2, -0.15) is 0 Å². The number of pyridine rings is 1. The van der Waals surface area contributed by atoms with Crippen molar-refractivity contribution in [1.29, 1.82) is 0 Å². The second kappa shape index (κ2) is 5.90. The van der Waals surface area contributed by atoms with E-state index in [2.05, 4.69) is 54.3 Å². The summed E-state index contributed by atoms with van der Waals surface area (Å²) in [6.45, 7) is 6.39. The third-order valence-corrected chi connectivity index (χ3v) is 4.20. The second-order valence-corrected chi connectivity index (χ2v) is 5.83. The summed E-state index contributed by atoms with van der Waals surface area (Å²) in [4.78, 5) is 9.26. The summed E-state index contributed by atoms with van der Waals surface area (Å²) in [5.74, 6) is 1.05. The van der Waals surface area contributed by atoms with Crippen molar-refractivity contribution in [3.05, 3.63) is 30.0 Å². The number of aromatic nitrogens is 1. The van der Waals surface area contributed by atoms with E-state index in [1.807, 2.05) is 6.20 Å². The van der Waals surface area contributed by atoms with E-state index in [-0.39, 0.29) is 0 Å². The van der Waals surface area contributed by atoms with Crippen LogP contribution < -0.4 is 15.1 Å². The van der Waals surface area contributed by atoms with Crippen molar-refractivity contribution < 1.29 is 0 Å². The van der Waals surface area contributed by atoms with Crippen molar-refractivity contribution >= 4 is 22.3 Å². The number of piperazine rings is 1. The van der Waals surface area contributed by atoms with Crippen LogP contribution in [0.5, 0.6) is 0 Å². The van der Waals surface area contributed by atoms with E-state index in [4.69, 9.17) is 4.98 Å². The van der Waals surface area contributed by atoms with E-state index in [1.54, 1.807) is 0 Å². The van der Waals surface area contributed by atoms with Crippen molar-refractivity contribution in [2.75, 3.05) is 50.1 Å². The summed E-state index contributed by atoms with van der Waals surface area (Å²) in [7, 11) is 4.12. The molecule has 112 valence electrons. The fourth-order valence-corrected chi connectivity index (χ4v) is 3.00. The highest BCUT2D eigenvalue weighted by Gasteiger charge is 2.16. The van der Waals surface area contributed by atoms with Crippen LogP contribution in [0.15, 0.2) is 24.4 Å². The Bertz CT molecular complexity index is 630. The number of rotatable bonds is 3. The lowest BCUT2D eigenvalue weighted by Gasteiger charge is -2.31. The topological polar surface area (TPSA) is 31.4 Å². The smallest absolute Gasteiger partial charge is 0.136 e. The fourth-order valence-electron chi connectivity index (χ4n) is 3.00. The Hall–Kier alpha value is -1.81. The number of aryl methyl sites for hydroxylation is 1. The first kappa shape index (κ1) is 14.1. The molecule has 4 nitrogen and oxygen atoms in total. The van der Waals surface area contributed by atoms with Gasteiger partial charge >= 0.3 is 0 Å². The summed E-state index contributed by atoms with van der Waals surface area (Å²) in [6.07, 6.45) is 3.09. The van der Waals surface area contributed by atoms with E-state index in [0.29, 0.717) is 0 Å². The summed E-state index contributed by atoms with van der Waals surface area (Å²) in [5, 5.41) is 5.98. The van der Waals surface area contributed by atoms with Crippen molar-refractivity contribution in [2.24, 2.45) is 0 Å². The molecule has 0 aliphatic carbocycles. The average molecular weight is 284 g/mol. The number of benzene rings is 1. The number of hydrogen-bond donors (Lipinski definition) is 1. The normalized spacial score (nSPS) is 15.5. The molecule has 1 aromatic heterocycles. The molecule has 1 saturated heterocycles. The largest absolute Gasteiger partial charge is 0.367 e. The zero-order valence-corrected chi connectivity index (χ0v) is 13.2. The van der Waals surface area contributed by atoms with Gasteiger partial charge in [-0.25, -0.2) is 4.98 Å². The molecular formula is C17H24N4. The van der Waals surface area contributed by atoms with Crippen molar-refractivity contribution in [3.63, 3.8) is 0 Å². The number of nitrogens with one attached hydrogen (secondary N) is 1. The van der Waals surface area contributed by atoms with E-state index < -0.39 is 0 Å². The highest BCUT2D eigenvalue weighted by atomic mass is 15.2. The Balaban J connectivity index is 2.15. The van der Waals surface area contributed by atoms with Gasteiger partial charge < -0.3 is 15.1 Å². The predicted molar refractivity (Wildman–Crippen MR) is 90.5 cm³/mol. The third kappa shape index (κ3) is 2.68. The molecule has 1 aromatic carbocycles. The highest BCUT2D eigenvalue weighted by Crippen LogP contribution is 2.32. The maximum Gasteiger partial charge on any atom is 0.136 e. The third-order valence-electron chi connectivity index (χ3n) is 4.20. The van der Waals surface area contributed by atoms with Gasteiger partial charge in [-0.1, -0.05) is 19.1 Å². The van der Waals surface area contributed by atoms with Gasteiger partial charge in [0.25, 0.3) is 0 Å². The Kier molecular flexibility index (Phi) is 3.97. The summed E-state index contributed by atoms with van der Waals surface area (Å²) >= 11 is 0. The molecule has 0 spiro atoms. The lowest BCUT2D eigenvalue weighted by Crippen LogP contribution is -2.43. The molecule has 0 unspecified atom stereocenters. The molecule has 2 aromatic rings. The predicted octanol–water partition coefficient (Wildman–Crippen LogP) is 2.27. The van der Waals surface area contributed by atoms with E-state index in [9.17, 15) is 0 Å². The van der Waals surface area contributed by atoms with Crippen LogP contribution in [0.3, 0.4) is 0 Å². The first-order valence-corrected chi connectivity index (χ1v) is 7.75. The number of anilines is 2. The molecule has 0 amide bonds. The molecule has 0 atom stereocenters. The maximum atomic E-state index is 4.72. The van der Waals surface area contributed by atoms with Gasteiger partial charge in [0.1, 0.15) is 5.82 Å². The highest BCUT2D eigenvalue weighted by molar-refractivity contribution is 6.00. The Morgan fingerprint density at radius 3 is 2.62 bits per heavy atom. The molecule has 1 aliphatic heterocycles. The lowest BCUT2D eigenvalue weighted by molar-refractivity contribution is 0.590. The molecule has 3 rings (SSSR count). The van der Waals surface area contributed by atoms with Crippen LogP contribution in [0, 0.1) is 0 Å². The van der Waals surface area contributed by atoms with Gasteiger partial charge in [0, 0.05) is 51.0 Å². The van der Waals surface area contributed by atoms with Crippen molar-refractivity contribution in [3.8, 4) is 0 Å². The summed E-state index contributed by atoms with van der Waals surface area (Å²) < 4.78 is 0. The van der Waals surface area contributed by atoms with E-state index >= 15 is 0 Å². The second-order valence-electron chi connectivity index (χ2n) is 5.83. The van der Waals surface area contributed by atoms with E-state index in [0.717, 1.165) is 38.4 Å². The minimum Gasteiger partial charge on any atom is -0.367 e. The molecule has 1 aliphatic rings. The summed E-state index contributed by atoms with van der Waals surface area (Å²) in [5.41, 5.74) is 2.63. The first-order valence-electron chi connectivity index (χ1n) is 7.75. The van der Waals surface area contributed by atoms with Crippen LogP contribution in [0.25, 0.3) is 10.8 Å². The van der Waals surface area contributed by atoms with Gasteiger partial charge in [0.05, 0.1) is 11.9 Å². The maximum absolute atomic E-state index is 4.72. The average Bonchev–Trinajstić information content (AvgIpc) is 2.53. The van der Waals surface area contributed by atoms with Crippen molar-refractivity contribution in [1.82, 2.24) is 10.3 Å². The molecule has 1 fully saturated rings. The molecule has 0 radical (unpaired) electrons. The summed E-state index contributed by atoms with van der Waals surface area (Å²) in [6, 6.07) is 6.80. The number of fused-ring (bicyclic) bond motifs is 1. The van der Waals surface area contributed by atoms with Crippen LogP contribution in [0.4, 0.5) is 11.5 Å². The zero-order valence-electron chi connectivity index (χ0n) is 13.2. The number of hydrogen-bond acceptors (Lipinski definition) is 4. The van der Waals surface area contributed by atoms with Gasteiger partial charge in [0.15, 0.2) is 0 Å². The molecule has 2 heterocycles. The molecular weight excluding hydrogens is 260 g/mol. The van der Waals surface area contributed by atoms with Gasteiger partial charge in [0.2, 0.25) is 0 Å². The molecule has 0 bridgehead atoms. The number of nitrogens with zero attached hydrogens (tertiary/aromatic N) is 3. The minimum absolute atomic E-state index is 1.05. The Morgan fingerprint density at radius 1 is 1.19 bits per heavy atom. The van der Waals surface area contributed by atoms with Gasteiger partial charge in [-0.05, 0) is 18.1 Å². The first-order chi connectivity index (χ1) is 10.2. The molecule has 0 saturated carbocycles. The van der Waals surface area contributed by atoms with Crippen LogP contribution in [-0.2, 0) is 6.42 Å². The zero-order chi connectivity index (χ0) is 14.8. The Labute approximate surface area is 126 Å². The standard InChI is InChI=1S/C17H24N4/c1-4-13-5-6-14-15(11-13)17(20(2)3)19-12-16(14)21-9-7-18-8-10-21/h5-6,11-12,18H,4,7-10H2,1-3H3. The van der Waals surface area contributed by atoms with Gasteiger partial charge in [-0.15, -0.1) is 0 Å². The quantitative estimate of drug-likeness (QED) is 0.937. The minimum atomic E-state index is 1.05. The monoisotopic (exact) mass is 284 g/mol. The van der Waals surface area contributed by atoms with Crippen LogP contribution >= 0.6 is 0 Å². The lowest BCUT2D eigenvalue weighted by atomic mass is 10.0. The SMILES string of the molecule is CCc1ccc2c(N3CCNCC3)cnc(N(C)C)c2c1. The van der Waals surface area contributed by atoms with Gasteiger partial charge in [-0.3, -0.25) is 0 Å².